The number of amides is 1. The molecule has 1 amide bonds. The van der Waals surface area contributed by atoms with Crippen LogP contribution in [0.25, 0.3) is 11.5 Å². The molecule has 2 aromatic rings. The summed E-state index contributed by atoms with van der Waals surface area (Å²) < 4.78 is 5.62. The molecular weight excluding hydrogens is 286 g/mol. The summed E-state index contributed by atoms with van der Waals surface area (Å²) in [4.78, 5) is 16.4. The molecule has 6 heteroatoms. The van der Waals surface area contributed by atoms with E-state index in [0.29, 0.717) is 29.8 Å². The fourth-order valence-electron chi connectivity index (χ4n) is 2.24. The van der Waals surface area contributed by atoms with E-state index in [2.05, 4.69) is 10.3 Å². The second-order valence-electron chi connectivity index (χ2n) is 5.52. The highest BCUT2D eigenvalue weighted by Crippen LogP contribution is 2.31. The number of aryl methyl sites for hydroxylation is 1. The molecule has 1 aliphatic carbocycles. The third-order valence-corrected chi connectivity index (χ3v) is 4.43. The van der Waals surface area contributed by atoms with Crippen molar-refractivity contribution in [2.75, 3.05) is 6.54 Å². The molecular formula is C15H19N3O2S. The average Bonchev–Trinajstić information content (AvgIpc) is 3.05. The molecule has 1 unspecified atom stereocenters. The Balaban J connectivity index is 1.58. The number of carbonyl (C=O) groups is 1. The van der Waals surface area contributed by atoms with Crippen LogP contribution in [0.4, 0.5) is 0 Å². The lowest BCUT2D eigenvalue weighted by molar-refractivity contribution is -0.120. The van der Waals surface area contributed by atoms with Gasteiger partial charge in [-0.15, -0.1) is 0 Å². The molecule has 2 heterocycles. The van der Waals surface area contributed by atoms with Crippen molar-refractivity contribution in [3.63, 3.8) is 0 Å². The van der Waals surface area contributed by atoms with Crippen molar-refractivity contribution in [1.29, 1.82) is 0 Å². The lowest BCUT2D eigenvalue weighted by atomic mass is 10.2. The van der Waals surface area contributed by atoms with Crippen molar-refractivity contribution in [2.45, 2.75) is 32.2 Å². The Labute approximate surface area is 127 Å². The number of nitrogens with zero attached hydrogens (tertiary/aromatic N) is 1. The topological polar surface area (TPSA) is 81.2 Å². The van der Waals surface area contributed by atoms with Crippen LogP contribution < -0.4 is 11.1 Å². The third kappa shape index (κ3) is 3.51. The normalized spacial score (nSPS) is 15.9. The Morgan fingerprint density at radius 3 is 3.10 bits per heavy atom. The molecule has 0 spiro atoms. The highest BCUT2D eigenvalue weighted by Gasteiger charge is 2.28. The Morgan fingerprint density at radius 2 is 2.43 bits per heavy atom. The van der Waals surface area contributed by atoms with E-state index in [1.165, 1.54) is 12.8 Å². The number of nitrogens with one attached hydrogen (secondary N) is 1. The molecule has 2 aromatic heterocycles. The third-order valence-electron chi connectivity index (χ3n) is 3.75. The molecule has 21 heavy (non-hydrogen) atoms. The van der Waals surface area contributed by atoms with Gasteiger partial charge >= 0.3 is 0 Å². The first kappa shape index (κ1) is 14.3. The van der Waals surface area contributed by atoms with Crippen molar-refractivity contribution >= 4 is 17.2 Å². The summed E-state index contributed by atoms with van der Waals surface area (Å²) in [6.45, 7) is 2.37. The number of carbonyl (C=O) groups excluding carboxylic acids is 1. The summed E-state index contributed by atoms with van der Waals surface area (Å²) in [5.74, 6) is 1.80. The van der Waals surface area contributed by atoms with Gasteiger partial charge in [0, 0.05) is 23.5 Å². The lowest BCUT2D eigenvalue weighted by Gasteiger charge is -2.10. The van der Waals surface area contributed by atoms with E-state index in [9.17, 15) is 4.79 Å². The largest absolute Gasteiger partial charge is 0.441 e. The first-order valence-electron chi connectivity index (χ1n) is 7.14. The number of oxazole rings is 1. The number of nitrogens with two attached hydrogens (primary N) is 1. The van der Waals surface area contributed by atoms with Crippen molar-refractivity contribution in [3.05, 3.63) is 28.3 Å². The molecule has 1 saturated carbocycles. The van der Waals surface area contributed by atoms with E-state index in [0.717, 1.165) is 5.56 Å². The van der Waals surface area contributed by atoms with Crippen LogP contribution >= 0.6 is 11.3 Å². The van der Waals surface area contributed by atoms with E-state index in [1.54, 1.807) is 11.3 Å². The van der Waals surface area contributed by atoms with Crippen LogP contribution in [-0.2, 0) is 11.2 Å². The Hall–Kier alpha value is -1.66. The summed E-state index contributed by atoms with van der Waals surface area (Å²) in [6, 6.07) is 2.03. The van der Waals surface area contributed by atoms with Gasteiger partial charge in [0.2, 0.25) is 11.8 Å². The van der Waals surface area contributed by atoms with Gasteiger partial charge in [0.15, 0.2) is 0 Å². The quantitative estimate of drug-likeness (QED) is 0.856. The zero-order valence-corrected chi connectivity index (χ0v) is 12.8. The predicted molar refractivity (Wildman–Crippen MR) is 82.0 cm³/mol. The maximum atomic E-state index is 12.0. The maximum absolute atomic E-state index is 12.0. The minimum absolute atomic E-state index is 0.0561. The van der Waals surface area contributed by atoms with E-state index in [4.69, 9.17) is 10.2 Å². The zero-order chi connectivity index (χ0) is 14.8. The Morgan fingerprint density at radius 1 is 1.62 bits per heavy atom. The van der Waals surface area contributed by atoms with Crippen molar-refractivity contribution in [3.8, 4) is 11.5 Å². The predicted octanol–water partition coefficient (Wildman–Crippen LogP) is 2.11. The van der Waals surface area contributed by atoms with E-state index < -0.39 is 0 Å². The number of thiophene rings is 1. The zero-order valence-electron chi connectivity index (χ0n) is 12.0. The van der Waals surface area contributed by atoms with Crippen LogP contribution in [-0.4, -0.2) is 23.5 Å². The molecule has 1 fully saturated rings. The molecule has 0 aromatic carbocycles. The number of aromatic nitrogens is 1. The van der Waals surface area contributed by atoms with Gasteiger partial charge in [-0.3, -0.25) is 4.79 Å². The Bertz CT molecular complexity index is 617. The fraction of sp³-hybridized carbons (Fsp3) is 0.467. The maximum Gasteiger partial charge on any atom is 0.227 e. The van der Waals surface area contributed by atoms with Crippen LogP contribution in [0.3, 0.4) is 0 Å². The monoisotopic (exact) mass is 305 g/mol. The Kier molecular flexibility index (Phi) is 4.07. The summed E-state index contributed by atoms with van der Waals surface area (Å²) in [5.41, 5.74) is 7.61. The summed E-state index contributed by atoms with van der Waals surface area (Å²) in [5, 5.41) is 6.83. The molecule has 0 saturated heterocycles. The van der Waals surface area contributed by atoms with Crippen molar-refractivity contribution in [1.82, 2.24) is 10.3 Å². The second kappa shape index (κ2) is 5.99. The first-order valence-corrected chi connectivity index (χ1v) is 8.09. The van der Waals surface area contributed by atoms with Crippen molar-refractivity contribution < 1.29 is 9.21 Å². The van der Waals surface area contributed by atoms with E-state index in [1.807, 2.05) is 23.8 Å². The van der Waals surface area contributed by atoms with Crippen LogP contribution in [0.1, 0.15) is 24.3 Å². The van der Waals surface area contributed by atoms with Gasteiger partial charge in [-0.25, -0.2) is 4.98 Å². The summed E-state index contributed by atoms with van der Waals surface area (Å²) in [6.07, 6.45) is 2.60. The molecule has 0 bridgehead atoms. The van der Waals surface area contributed by atoms with Gasteiger partial charge in [0.05, 0.1) is 12.1 Å². The van der Waals surface area contributed by atoms with Gasteiger partial charge in [-0.1, -0.05) is 0 Å². The molecule has 112 valence electrons. The number of hydrogen-bond donors (Lipinski definition) is 2. The van der Waals surface area contributed by atoms with Crippen LogP contribution in [0.15, 0.2) is 21.2 Å². The van der Waals surface area contributed by atoms with Crippen LogP contribution in [0.2, 0.25) is 0 Å². The highest BCUT2D eigenvalue weighted by molar-refractivity contribution is 7.08. The first-order chi connectivity index (χ1) is 10.1. The van der Waals surface area contributed by atoms with Gasteiger partial charge in [-0.2, -0.15) is 11.3 Å². The summed E-state index contributed by atoms with van der Waals surface area (Å²) >= 11 is 1.59. The van der Waals surface area contributed by atoms with E-state index in [-0.39, 0.29) is 18.4 Å². The average molecular weight is 305 g/mol. The lowest BCUT2D eigenvalue weighted by Crippen LogP contribution is -2.39. The molecule has 0 aliphatic heterocycles. The van der Waals surface area contributed by atoms with Crippen molar-refractivity contribution in [2.24, 2.45) is 11.7 Å². The van der Waals surface area contributed by atoms with Crippen LogP contribution in [0, 0.1) is 12.8 Å². The summed E-state index contributed by atoms with van der Waals surface area (Å²) in [7, 11) is 0. The molecule has 3 N–H and O–H groups in total. The molecule has 3 rings (SSSR count). The highest BCUT2D eigenvalue weighted by atomic mass is 32.1. The smallest absolute Gasteiger partial charge is 0.227 e. The molecule has 1 atom stereocenters. The van der Waals surface area contributed by atoms with Gasteiger partial charge < -0.3 is 15.5 Å². The van der Waals surface area contributed by atoms with E-state index >= 15 is 0 Å². The second-order valence-corrected chi connectivity index (χ2v) is 6.30. The fourth-order valence-corrected chi connectivity index (χ4v) is 2.87. The van der Waals surface area contributed by atoms with Crippen LogP contribution in [0.5, 0.6) is 0 Å². The number of hydrogen-bond acceptors (Lipinski definition) is 5. The number of rotatable bonds is 6. The minimum Gasteiger partial charge on any atom is -0.441 e. The van der Waals surface area contributed by atoms with Gasteiger partial charge in [0.1, 0.15) is 5.76 Å². The molecule has 1 aliphatic rings. The minimum atomic E-state index is -0.0561. The standard InChI is InChI=1S/C15H19N3O2S/c1-9-13(18-15(20-9)11-4-5-21-8-11)6-14(19)17-7-12(16)10-2-3-10/h4-5,8,10,12H,2-3,6-7,16H2,1H3,(H,17,19). The SMILES string of the molecule is Cc1oc(-c2ccsc2)nc1CC(=O)NCC(N)C1CC1. The molecule has 5 nitrogen and oxygen atoms in total. The van der Waals surface area contributed by atoms with Gasteiger partial charge in [-0.05, 0) is 37.1 Å². The molecule has 0 radical (unpaired) electrons. The van der Waals surface area contributed by atoms with Gasteiger partial charge in [0.25, 0.3) is 0 Å².